The number of hydrogen-bond donors (Lipinski definition) is 1. The molecule has 1 heterocycles. The van der Waals surface area contributed by atoms with Crippen molar-refractivity contribution in [1.82, 2.24) is 4.57 Å². The number of aryl methyl sites for hydroxylation is 2. The third-order valence-corrected chi connectivity index (χ3v) is 3.15. The summed E-state index contributed by atoms with van der Waals surface area (Å²) in [4.78, 5) is 21.5. The lowest BCUT2D eigenvalue weighted by Gasteiger charge is -2.01. The molecule has 2 rings (SSSR count). The van der Waals surface area contributed by atoms with Crippen molar-refractivity contribution in [2.45, 2.75) is 12.8 Å². The highest BCUT2D eigenvalue weighted by molar-refractivity contribution is 5.95. The van der Waals surface area contributed by atoms with Gasteiger partial charge in [-0.2, -0.15) is 0 Å². The van der Waals surface area contributed by atoms with E-state index in [1.807, 2.05) is 0 Å². The maximum absolute atomic E-state index is 11.3. The maximum Gasteiger partial charge on any atom is 0.303 e. The van der Waals surface area contributed by atoms with Crippen molar-refractivity contribution in [3.63, 3.8) is 0 Å². The van der Waals surface area contributed by atoms with Crippen molar-refractivity contribution in [3.8, 4) is 12.3 Å². The number of benzene rings is 1. The minimum absolute atomic E-state index is 0.0868. The summed E-state index contributed by atoms with van der Waals surface area (Å²) >= 11 is 0. The van der Waals surface area contributed by atoms with Gasteiger partial charge >= 0.3 is 5.97 Å². The van der Waals surface area contributed by atoms with Gasteiger partial charge < -0.3 is 9.67 Å². The highest BCUT2D eigenvalue weighted by Gasteiger charge is 2.22. The van der Waals surface area contributed by atoms with Crippen LogP contribution in [0.25, 0.3) is 10.9 Å². The Morgan fingerprint density at radius 2 is 2.25 bits per heavy atom. The Hall–Kier alpha value is -2.81. The van der Waals surface area contributed by atoms with Crippen LogP contribution >= 0.6 is 0 Å². The highest BCUT2D eigenvalue weighted by atomic mass is 16.6. The predicted molar refractivity (Wildman–Crippen MR) is 73.5 cm³/mol. The molecule has 20 heavy (non-hydrogen) atoms. The van der Waals surface area contributed by atoms with E-state index in [0.29, 0.717) is 16.5 Å². The first-order valence-corrected chi connectivity index (χ1v) is 5.89. The molecular formula is C14H12N2O4. The Bertz CT molecular complexity index is 753. The molecule has 102 valence electrons. The smallest absolute Gasteiger partial charge is 0.303 e. The van der Waals surface area contributed by atoms with Crippen molar-refractivity contribution in [2.24, 2.45) is 7.05 Å². The zero-order valence-electron chi connectivity index (χ0n) is 10.8. The van der Waals surface area contributed by atoms with E-state index in [9.17, 15) is 14.9 Å². The number of terminal acetylenes is 1. The number of nitro groups is 1. The lowest BCUT2D eigenvalue weighted by molar-refractivity contribution is -0.383. The summed E-state index contributed by atoms with van der Waals surface area (Å²) in [6, 6.07) is 3.24. The summed E-state index contributed by atoms with van der Waals surface area (Å²) in [5.41, 5.74) is 1.35. The lowest BCUT2D eigenvalue weighted by atomic mass is 10.0. The Kier molecular flexibility index (Phi) is 3.44. The number of carboxylic acid groups (broad SMARTS) is 1. The van der Waals surface area contributed by atoms with Crippen LogP contribution in [0.1, 0.15) is 17.5 Å². The summed E-state index contributed by atoms with van der Waals surface area (Å²) in [7, 11) is 1.76. The second-order valence-corrected chi connectivity index (χ2v) is 4.42. The topological polar surface area (TPSA) is 85.4 Å². The highest BCUT2D eigenvalue weighted by Crippen LogP contribution is 2.33. The Balaban J connectivity index is 2.73. The fourth-order valence-electron chi connectivity index (χ4n) is 2.30. The molecule has 0 spiro atoms. The zero-order chi connectivity index (χ0) is 14.9. The molecule has 0 saturated carbocycles. The fraction of sp³-hybridized carbons (Fsp3) is 0.214. The van der Waals surface area contributed by atoms with Crippen molar-refractivity contribution in [1.29, 1.82) is 0 Å². The minimum atomic E-state index is -0.947. The van der Waals surface area contributed by atoms with Gasteiger partial charge in [-0.15, -0.1) is 6.42 Å². The molecule has 0 aliphatic rings. The summed E-state index contributed by atoms with van der Waals surface area (Å²) < 4.78 is 1.74. The quantitative estimate of drug-likeness (QED) is 0.524. The van der Waals surface area contributed by atoms with E-state index in [-0.39, 0.29) is 24.1 Å². The third-order valence-electron chi connectivity index (χ3n) is 3.15. The zero-order valence-corrected chi connectivity index (χ0v) is 10.8. The van der Waals surface area contributed by atoms with Gasteiger partial charge in [0.15, 0.2) is 0 Å². The van der Waals surface area contributed by atoms with Crippen LogP contribution in [0.15, 0.2) is 18.3 Å². The summed E-state index contributed by atoms with van der Waals surface area (Å²) in [5.74, 6) is 1.36. The molecule has 6 heteroatoms. The van der Waals surface area contributed by atoms with Crippen LogP contribution in [0.4, 0.5) is 5.69 Å². The Morgan fingerprint density at radius 1 is 1.55 bits per heavy atom. The fourth-order valence-corrected chi connectivity index (χ4v) is 2.30. The van der Waals surface area contributed by atoms with Crippen LogP contribution in [-0.2, 0) is 18.3 Å². The molecule has 0 saturated heterocycles. The van der Waals surface area contributed by atoms with Gasteiger partial charge in [0.1, 0.15) is 5.56 Å². The second-order valence-electron chi connectivity index (χ2n) is 4.42. The second kappa shape index (κ2) is 5.05. The van der Waals surface area contributed by atoms with Crippen LogP contribution in [0, 0.1) is 22.5 Å². The summed E-state index contributed by atoms with van der Waals surface area (Å²) in [5, 5.41) is 20.5. The number of nitro benzene ring substituents is 1. The largest absolute Gasteiger partial charge is 0.481 e. The van der Waals surface area contributed by atoms with E-state index < -0.39 is 10.9 Å². The van der Waals surface area contributed by atoms with E-state index in [4.69, 9.17) is 11.5 Å². The number of nitrogens with zero attached hydrogens (tertiary/aromatic N) is 2. The molecule has 1 aromatic carbocycles. The van der Waals surface area contributed by atoms with Crippen molar-refractivity contribution < 1.29 is 14.8 Å². The molecule has 0 unspecified atom stereocenters. The number of rotatable bonds is 4. The third kappa shape index (κ3) is 2.21. The van der Waals surface area contributed by atoms with Gasteiger partial charge in [-0.1, -0.05) is 5.92 Å². The van der Waals surface area contributed by atoms with Crippen LogP contribution < -0.4 is 0 Å². The molecule has 0 aliphatic heterocycles. The Labute approximate surface area is 114 Å². The number of carbonyl (C=O) groups is 1. The van der Waals surface area contributed by atoms with Gasteiger partial charge in [0.2, 0.25) is 0 Å². The molecule has 0 radical (unpaired) electrons. The van der Waals surface area contributed by atoms with Gasteiger partial charge in [0.05, 0.1) is 15.8 Å². The van der Waals surface area contributed by atoms with Crippen molar-refractivity contribution >= 4 is 22.6 Å². The average molecular weight is 272 g/mol. The Morgan fingerprint density at radius 3 is 2.80 bits per heavy atom. The molecule has 1 aromatic heterocycles. The number of fused-ring (bicyclic) bond motifs is 1. The van der Waals surface area contributed by atoms with Crippen LogP contribution in [-0.4, -0.2) is 20.6 Å². The van der Waals surface area contributed by atoms with Crippen LogP contribution in [0.5, 0.6) is 0 Å². The van der Waals surface area contributed by atoms with Crippen molar-refractivity contribution in [3.05, 3.63) is 39.6 Å². The molecule has 0 fully saturated rings. The molecule has 2 aromatic rings. The van der Waals surface area contributed by atoms with E-state index >= 15 is 0 Å². The van der Waals surface area contributed by atoms with Gasteiger partial charge in [0.25, 0.3) is 5.69 Å². The molecule has 0 amide bonds. The molecule has 6 nitrogen and oxygen atoms in total. The van der Waals surface area contributed by atoms with Gasteiger partial charge in [-0.25, -0.2) is 0 Å². The van der Waals surface area contributed by atoms with Crippen LogP contribution in [0.3, 0.4) is 0 Å². The summed E-state index contributed by atoms with van der Waals surface area (Å²) in [6.45, 7) is 0. The summed E-state index contributed by atoms with van der Waals surface area (Å²) in [6.07, 6.45) is 7.15. The average Bonchev–Trinajstić information content (AvgIpc) is 2.72. The number of aliphatic carboxylic acids is 1. The van der Waals surface area contributed by atoms with E-state index in [1.165, 1.54) is 6.07 Å². The van der Waals surface area contributed by atoms with Gasteiger partial charge in [-0.3, -0.25) is 14.9 Å². The monoisotopic (exact) mass is 272 g/mol. The SMILES string of the molecule is C#Cc1ccc2c(c(CCC(=O)O)cn2C)c1[N+](=O)[O-]. The molecule has 0 bridgehead atoms. The number of carboxylic acids is 1. The van der Waals surface area contributed by atoms with Gasteiger partial charge in [0, 0.05) is 19.7 Å². The molecule has 1 N–H and O–H groups in total. The number of aromatic nitrogens is 1. The molecular weight excluding hydrogens is 260 g/mol. The number of hydrogen-bond acceptors (Lipinski definition) is 3. The van der Waals surface area contributed by atoms with E-state index in [0.717, 1.165) is 0 Å². The van der Waals surface area contributed by atoms with Crippen molar-refractivity contribution in [2.75, 3.05) is 0 Å². The lowest BCUT2D eigenvalue weighted by Crippen LogP contribution is -1.98. The molecule has 0 atom stereocenters. The first-order chi connectivity index (χ1) is 9.45. The maximum atomic E-state index is 11.3. The predicted octanol–water partition coefficient (Wildman–Crippen LogP) is 2.08. The first-order valence-electron chi connectivity index (χ1n) is 5.89. The molecule has 0 aliphatic carbocycles. The van der Waals surface area contributed by atoms with E-state index in [2.05, 4.69) is 5.92 Å². The normalized spacial score (nSPS) is 10.4. The van der Waals surface area contributed by atoms with E-state index in [1.54, 1.807) is 23.9 Å². The van der Waals surface area contributed by atoms with Crippen LogP contribution in [0.2, 0.25) is 0 Å². The standard InChI is InChI=1S/C14H12N2O4/c1-3-9-4-6-11-13(14(9)16(19)20)10(8-15(11)2)5-7-12(17)18/h1,4,6,8H,5,7H2,2H3,(H,17,18). The van der Waals surface area contributed by atoms with Gasteiger partial charge in [-0.05, 0) is 24.1 Å². The first kappa shape index (κ1) is 13.6. The minimum Gasteiger partial charge on any atom is -0.481 e.